The van der Waals surface area contributed by atoms with Gasteiger partial charge in [-0.1, -0.05) is 12.1 Å². The second-order valence-electron chi connectivity index (χ2n) is 7.39. The highest BCUT2D eigenvalue weighted by Crippen LogP contribution is 2.21. The molecule has 3 aromatic rings. The summed E-state index contributed by atoms with van der Waals surface area (Å²) in [5.74, 6) is 0.285. The van der Waals surface area contributed by atoms with E-state index in [1.807, 2.05) is 35.0 Å². The van der Waals surface area contributed by atoms with Crippen molar-refractivity contribution in [3.05, 3.63) is 48.9 Å². The van der Waals surface area contributed by atoms with Crippen molar-refractivity contribution in [1.82, 2.24) is 19.7 Å². The zero-order valence-corrected chi connectivity index (χ0v) is 16.3. The summed E-state index contributed by atoms with van der Waals surface area (Å²) in [6.45, 7) is 6.88. The minimum Gasteiger partial charge on any atom is -0.444 e. The molecule has 1 unspecified atom stereocenters. The van der Waals surface area contributed by atoms with Crippen LogP contribution in [0.1, 0.15) is 27.7 Å². The minimum absolute atomic E-state index is 0.337. The van der Waals surface area contributed by atoms with Gasteiger partial charge in [-0.05, 0) is 45.9 Å². The Kier molecular flexibility index (Phi) is 5.30. The number of ether oxygens (including phenoxy) is 1. The number of anilines is 1. The topological polar surface area (TPSA) is 97.6 Å². The summed E-state index contributed by atoms with van der Waals surface area (Å²) in [5, 5.41) is 5.28. The van der Waals surface area contributed by atoms with Gasteiger partial charge in [0, 0.05) is 29.8 Å². The first-order chi connectivity index (χ1) is 13.2. The molecule has 2 amide bonds. The highest BCUT2D eigenvalue weighted by atomic mass is 16.6. The van der Waals surface area contributed by atoms with Crippen LogP contribution in [0, 0.1) is 0 Å². The summed E-state index contributed by atoms with van der Waals surface area (Å²) in [6, 6.07) is 8.39. The van der Waals surface area contributed by atoms with Gasteiger partial charge < -0.3 is 15.4 Å². The number of nitrogens with one attached hydrogen (secondary N) is 2. The second kappa shape index (κ2) is 7.67. The molecule has 8 heteroatoms. The average Bonchev–Trinajstić information content (AvgIpc) is 3.04. The van der Waals surface area contributed by atoms with Crippen molar-refractivity contribution in [2.45, 2.75) is 39.3 Å². The number of benzene rings is 1. The van der Waals surface area contributed by atoms with Gasteiger partial charge in [0.2, 0.25) is 11.7 Å². The molecule has 0 radical (unpaired) electrons. The molecular formula is C20H23N5O3. The summed E-state index contributed by atoms with van der Waals surface area (Å²) in [5.41, 5.74) is 1.69. The summed E-state index contributed by atoms with van der Waals surface area (Å²) in [4.78, 5) is 32.7. The molecule has 1 atom stereocenters. The van der Waals surface area contributed by atoms with Crippen molar-refractivity contribution in [2.24, 2.45) is 0 Å². The second-order valence-corrected chi connectivity index (χ2v) is 7.39. The van der Waals surface area contributed by atoms with E-state index in [0.29, 0.717) is 11.5 Å². The average molecular weight is 381 g/mol. The van der Waals surface area contributed by atoms with Crippen LogP contribution in [0.4, 0.5) is 10.5 Å². The summed E-state index contributed by atoms with van der Waals surface area (Å²) in [7, 11) is 0. The molecule has 2 aromatic heterocycles. The van der Waals surface area contributed by atoms with Crippen LogP contribution in [-0.2, 0) is 9.53 Å². The lowest BCUT2D eigenvalue weighted by Crippen LogP contribution is -2.43. The van der Waals surface area contributed by atoms with Crippen molar-refractivity contribution < 1.29 is 14.3 Å². The maximum absolute atomic E-state index is 12.3. The van der Waals surface area contributed by atoms with E-state index in [2.05, 4.69) is 20.6 Å². The Morgan fingerprint density at radius 2 is 1.89 bits per heavy atom. The van der Waals surface area contributed by atoms with Gasteiger partial charge in [-0.25, -0.2) is 14.8 Å². The number of hydrogen-bond donors (Lipinski definition) is 2. The predicted molar refractivity (Wildman–Crippen MR) is 106 cm³/mol. The van der Waals surface area contributed by atoms with Crippen molar-refractivity contribution in [1.29, 1.82) is 0 Å². The fraction of sp³-hybridized carbons (Fsp3) is 0.300. The fourth-order valence-electron chi connectivity index (χ4n) is 2.49. The number of hydrogen-bond acceptors (Lipinski definition) is 5. The van der Waals surface area contributed by atoms with Gasteiger partial charge in [0.1, 0.15) is 11.6 Å². The number of nitrogens with zero attached hydrogens (tertiary/aromatic N) is 3. The lowest BCUT2D eigenvalue weighted by Gasteiger charge is -2.21. The molecule has 8 nitrogen and oxygen atoms in total. The van der Waals surface area contributed by atoms with Gasteiger partial charge >= 0.3 is 6.09 Å². The lowest BCUT2D eigenvalue weighted by molar-refractivity contribution is -0.117. The van der Waals surface area contributed by atoms with Crippen LogP contribution in [0.3, 0.4) is 0 Å². The lowest BCUT2D eigenvalue weighted by atomic mass is 10.1. The zero-order valence-electron chi connectivity index (χ0n) is 16.3. The summed E-state index contributed by atoms with van der Waals surface area (Å²) in [6.07, 6.45) is 4.83. The van der Waals surface area contributed by atoms with Crippen molar-refractivity contribution >= 4 is 23.5 Å². The molecule has 0 bridgehead atoms. The first-order valence-corrected chi connectivity index (χ1v) is 8.92. The molecule has 0 saturated heterocycles. The fourth-order valence-corrected chi connectivity index (χ4v) is 2.49. The summed E-state index contributed by atoms with van der Waals surface area (Å²) >= 11 is 0. The van der Waals surface area contributed by atoms with E-state index in [-0.39, 0.29) is 5.91 Å². The molecule has 0 saturated carbocycles. The molecule has 2 N–H and O–H groups in total. The van der Waals surface area contributed by atoms with E-state index >= 15 is 0 Å². The van der Waals surface area contributed by atoms with Crippen LogP contribution in [0.15, 0.2) is 48.9 Å². The molecule has 146 valence electrons. The third-order valence-electron chi connectivity index (χ3n) is 3.81. The Morgan fingerprint density at radius 1 is 1.18 bits per heavy atom. The number of alkyl carbamates (subject to hydrolysis) is 1. The number of rotatable bonds is 4. The van der Waals surface area contributed by atoms with Crippen LogP contribution in [0.5, 0.6) is 0 Å². The largest absolute Gasteiger partial charge is 0.444 e. The van der Waals surface area contributed by atoms with Gasteiger partial charge in [0.15, 0.2) is 0 Å². The molecule has 0 aliphatic rings. The van der Waals surface area contributed by atoms with Crippen LogP contribution in [0.2, 0.25) is 0 Å². The third-order valence-corrected chi connectivity index (χ3v) is 3.81. The van der Waals surface area contributed by atoms with Crippen LogP contribution < -0.4 is 10.6 Å². The first kappa shape index (κ1) is 19.3. The zero-order chi connectivity index (χ0) is 20.3. The van der Waals surface area contributed by atoms with Gasteiger partial charge in [-0.2, -0.15) is 0 Å². The molecule has 28 heavy (non-hydrogen) atoms. The van der Waals surface area contributed by atoms with E-state index in [4.69, 9.17) is 4.74 Å². The maximum atomic E-state index is 12.3. The highest BCUT2D eigenvalue weighted by Gasteiger charge is 2.21. The van der Waals surface area contributed by atoms with Crippen LogP contribution in [0.25, 0.3) is 17.0 Å². The number of carbonyl (C=O) groups excluding carboxylic acids is 2. The Hall–Kier alpha value is -3.42. The van der Waals surface area contributed by atoms with Gasteiger partial charge in [-0.3, -0.25) is 9.20 Å². The predicted octanol–water partition coefficient (Wildman–Crippen LogP) is 3.25. The molecule has 3 rings (SSSR count). The normalized spacial score (nSPS) is 12.4. The molecule has 0 aliphatic heterocycles. The molecule has 0 spiro atoms. The molecular weight excluding hydrogens is 358 g/mol. The quantitative estimate of drug-likeness (QED) is 0.723. The molecule has 0 fully saturated rings. The Labute approximate surface area is 163 Å². The minimum atomic E-state index is -0.737. The van der Waals surface area contributed by atoms with E-state index in [1.54, 1.807) is 46.0 Å². The van der Waals surface area contributed by atoms with Gasteiger partial charge in [-0.15, -0.1) is 0 Å². The van der Waals surface area contributed by atoms with E-state index < -0.39 is 17.7 Å². The Bertz CT molecular complexity index is 956. The monoisotopic (exact) mass is 381 g/mol. The SMILES string of the molecule is CC(NC(=O)OC(C)(C)C)C(=O)Nc1ccc(-c2cn3cccnc3n2)cc1. The van der Waals surface area contributed by atoms with Crippen LogP contribution >= 0.6 is 0 Å². The highest BCUT2D eigenvalue weighted by molar-refractivity contribution is 5.96. The van der Waals surface area contributed by atoms with Gasteiger partial charge in [0.25, 0.3) is 0 Å². The maximum Gasteiger partial charge on any atom is 0.408 e. The third kappa shape index (κ3) is 4.85. The number of carbonyl (C=O) groups is 2. The van der Waals surface area contributed by atoms with Gasteiger partial charge in [0.05, 0.1) is 5.69 Å². The van der Waals surface area contributed by atoms with E-state index in [9.17, 15) is 9.59 Å². The summed E-state index contributed by atoms with van der Waals surface area (Å²) < 4.78 is 7.00. The van der Waals surface area contributed by atoms with E-state index in [1.165, 1.54) is 0 Å². The molecule has 2 heterocycles. The molecule has 1 aromatic carbocycles. The number of imidazole rings is 1. The molecule has 0 aliphatic carbocycles. The smallest absolute Gasteiger partial charge is 0.408 e. The number of fused-ring (bicyclic) bond motifs is 1. The Morgan fingerprint density at radius 3 is 2.54 bits per heavy atom. The van der Waals surface area contributed by atoms with Crippen molar-refractivity contribution in [3.63, 3.8) is 0 Å². The first-order valence-electron chi connectivity index (χ1n) is 8.92. The number of amides is 2. The van der Waals surface area contributed by atoms with Crippen LogP contribution in [-0.4, -0.2) is 38.0 Å². The standard InChI is InChI=1S/C20H23N5O3/c1-13(22-19(27)28-20(2,3)4)17(26)23-15-8-6-14(7-9-15)16-12-25-11-5-10-21-18(25)24-16/h5-13H,1-4H3,(H,22,27)(H,23,26). The van der Waals surface area contributed by atoms with Crippen molar-refractivity contribution in [3.8, 4) is 11.3 Å². The Balaban J connectivity index is 1.62. The number of aromatic nitrogens is 3. The van der Waals surface area contributed by atoms with E-state index in [0.717, 1.165) is 11.3 Å². The van der Waals surface area contributed by atoms with Crippen molar-refractivity contribution in [2.75, 3.05) is 5.32 Å².